The van der Waals surface area contributed by atoms with Gasteiger partial charge in [0.15, 0.2) is 0 Å². The van der Waals surface area contributed by atoms with Crippen LogP contribution in [0.4, 0.5) is 0 Å². The SMILES string of the molecule is CSc1ccc(S(=O)(=O)NCCCc2ccc(C)cc2)cc1. The minimum absolute atomic E-state index is 0.320. The van der Waals surface area contributed by atoms with Crippen molar-refractivity contribution in [2.75, 3.05) is 12.8 Å². The average molecular weight is 335 g/mol. The predicted molar refractivity (Wildman–Crippen MR) is 92.9 cm³/mol. The van der Waals surface area contributed by atoms with Crippen molar-refractivity contribution in [1.82, 2.24) is 4.72 Å². The van der Waals surface area contributed by atoms with E-state index in [0.29, 0.717) is 11.4 Å². The predicted octanol–water partition coefficient (Wildman–Crippen LogP) is 3.63. The fourth-order valence-electron chi connectivity index (χ4n) is 2.09. The molecule has 0 amide bonds. The molecule has 0 aliphatic rings. The molecule has 0 spiro atoms. The van der Waals surface area contributed by atoms with Crippen molar-refractivity contribution in [3.05, 3.63) is 59.7 Å². The number of thioether (sulfide) groups is 1. The van der Waals surface area contributed by atoms with E-state index in [-0.39, 0.29) is 0 Å². The van der Waals surface area contributed by atoms with Crippen LogP contribution in [0.2, 0.25) is 0 Å². The van der Waals surface area contributed by atoms with Crippen molar-refractivity contribution in [3.63, 3.8) is 0 Å². The van der Waals surface area contributed by atoms with E-state index in [1.807, 2.05) is 18.4 Å². The molecule has 0 atom stereocenters. The van der Waals surface area contributed by atoms with E-state index in [0.717, 1.165) is 17.7 Å². The van der Waals surface area contributed by atoms with Gasteiger partial charge < -0.3 is 0 Å². The van der Waals surface area contributed by atoms with Crippen molar-refractivity contribution in [2.24, 2.45) is 0 Å². The molecule has 2 aromatic rings. The molecule has 0 radical (unpaired) electrons. The third kappa shape index (κ3) is 4.87. The maximum absolute atomic E-state index is 12.2. The fourth-order valence-corrected chi connectivity index (χ4v) is 3.57. The summed E-state index contributed by atoms with van der Waals surface area (Å²) in [4.78, 5) is 1.37. The highest BCUT2D eigenvalue weighted by Gasteiger charge is 2.12. The highest BCUT2D eigenvalue weighted by Crippen LogP contribution is 2.17. The molecule has 0 unspecified atom stereocenters. The van der Waals surface area contributed by atoms with Gasteiger partial charge in [-0.15, -0.1) is 11.8 Å². The largest absolute Gasteiger partial charge is 0.240 e. The number of aryl methyl sites for hydroxylation is 2. The summed E-state index contributed by atoms with van der Waals surface area (Å²) in [5.41, 5.74) is 2.47. The van der Waals surface area contributed by atoms with Crippen molar-refractivity contribution in [3.8, 4) is 0 Å². The quantitative estimate of drug-likeness (QED) is 0.621. The fraction of sp³-hybridized carbons (Fsp3) is 0.294. The van der Waals surface area contributed by atoms with Crippen molar-refractivity contribution >= 4 is 21.8 Å². The molecule has 2 aromatic carbocycles. The van der Waals surface area contributed by atoms with Gasteiger partial charge in [0.2, 0.25) is 10.0 Å². The molecule has 0 heterocycles. The zero-order chi connectivity index (χ0) is 16.0. The van der Waals surface area contributed by atoms with Gasteiger partial charge in [0.25, 0.3) is 0 Å². The lowest BCUT2D eigenvalue weighted by molar-refractivity contribution is 0.579. The smallest absolute Gasteiger partial charge is 0.211 e. The Morgan fingerprint density at radius 1 is 1.00 bits per heavy atom. The molecule has 1 N–H and O–H groups in total. The Kier molecular flexibility index (Phi) is 6.06. The molecule has 5 heteroatoms. The van der Waals surface area contributed by atoms with Gasteiger partial charge in [-0.05, 0) is 55.9 Å². The molecule has 0 aliphatic heterocycles. The lowest BCUT2D eigenvalue weighted by atomic mass is 10.1. The van der Waals surface area contributed by atoms with E-state index in [1.54, 1.807) is 23.9 Å². The molecule has 2 rings (SSSR count). The summed E-state index contributed by atoms with van der Waals surface area (Å²) >= 11 is 1.59. The summed E-state index contributed by atoms with van der Waals surface area (Å²) < 4.78 is 27.0. The van der Waals surface area contributed by atoms with Gasteiger partial charge >= 0.3 is 0 Å². The van der Waals surface area contributed by atoms with Crippen LogP contribution in [0.15, 0.2) is 58.3 Å². The van der Waals surface area contributed by atoms with Crippen molar-refractivity contribution in [1.29, 1.82) is 0 Å². The number of hydrogen-bond acceptors (Lipinski definition) is 3. The zero-order valence-electron chi connectivity index (χ0n) is 12.9. The van der Waals surface area contributed by atoms with Crippen LogP contribution in [0, 0.1) is 6.92 Å². The Bertz CT molecular complexity index is 692. The summed E-state index contributed by atoms with van der Waals surface area (Å²) in [6, 6.07) is 15.3. The molecule has 0 aliphatic carbocycles. The van der Waals surface area contributed by atoms with Gasteiger partial charge in [-0.25, -0.2) is 13.1 Å². The molecular formula is C17H21NO2S2. The van der Waals surface area contributed by atoms with Gasteiger partial charge in [-0.2, -0.15) is 0 Å². The van der Waals surface area contributed by atoms with E-state index >= 15 is 0 Å². The first-order chi connectivity index (χ1) is 10.5. The Morgan fingerprint density at radius 2 is 1.64 bits per heavy atom. The Balaban J connectivity index is 1.85. The average Bonchev–Trinajstić information content (AvgIpc) is 2.53. The van der Waals surface area contributed by atoms with E-state index in [2.05, 4.69) is 35.9 Å². The van der Waals surface area contributed by atoms with E-state index in [9.17, 15) is 8.42 Å². The van der Waals surface area contributed by atoms with E-state index in [4.69, 9.17) is 0 Å². The van der Waals surface area contributed by atoms with Crippen LogP contribution < -0.4 is 4.72 Å². The van der Waals surface area contributed by atoms with Crippen LogP contribution in [0.25, 0.3) is 0 Å². The third-order valence-corrected chi connectivity index (χ3v) is 5.65. The minimum atomic E-state index is -3.41. The summed E-state index contributed by atoms with van der Waals surface area (Å²) in [6.45, 7) is 2.50. The second kappa shape index (κ2) is 7.81. The summed E-state index contributed by atoms with van der Waals surface area (Å²) in [7, 11) is -3.41. The first-order valence-electron chi connectivity index (χ1n) is 7.20. The minimum Gasteiger partial charge on any atom is -0.211 e. The zero-order valence-corrected chi connectivity index (χ0v) is 14.5. The van der Waals surface area contributed by atoms with Crippen LogP contribution in [0.5, 0.6) is 0 Å². The molecule has 0 saturated carbocycles. The first-order valence-corrected chi connectivity index (χ1v) is 9.91. The number of hydrogen-bond donors (Lipinski definition) is 1. The van der Waals surface area contributed by atoms with Crippen LogP contribution in [0.1, 0.15) is 17.5 Å². The number of benzene rings is 2. The molecular weight excluding hydrogens is 314 g/mol. The monoisotopic (exact) mass is 335 g/mol. The summed E-state index contributed by atoms with van der Waals surface area (Å²) in [5.74, 6) is 0. The number of nitrogens with one attached hydrogen (secondary N) is 1. The Hall–Kier alpha value is -1.30. The summed E-state index contributed by atoms with van der Waals surface area (Å²) in [5, 5.41) is 0. The molecule has 22 heavy (non-hydrogen) atoms. The van der Waals surface area contributed by atoms with Gasteiger partial charge in [-0.1, -0.05) is 29.8 Å². The molecule has 0 bridgehead atoms. The molecule has 3 nitrogen and oxygen atoms in total. The first kappa shape index (κ1) is 17.1. The Morgan fingerprint density at radius 3 is 2.23 bits per heavy atom. The molecule has 118 valence electrons. The van der Waals surface area contributed by atoms with Crippen LogP contribution >= 0.6 is 11.8 Å². The van der Waals surface area contributed by atoms with Crippen LogP contribution in [-0.2, 0) is 16.4 Å². The lowest BCUT2D eigenvalue weighted by Crippen LogP contribution is -2.25. The van der Waals surface area contributed by atoms with Crippen LogP contribution in [-0.4, -0.2) is 21.2 Å². The van der Waals surface area contributed by atoms with Gasteiger partial charge in [0.05, 0.1) is 4.90 Å². The highest BCUT2D eigenvalue weighted by atomic mass is 32.2. The number of rotatable bonds is 7. The van der Waals surface area contributed by atoms with Gasteiger partial charge in [-0.3, -0.25) is 0 Å². The second-order valence-electron chi connectivity index (χ2n) is 5.16. The van der Waals surface area contributed by atoms with Crippen molar-refractivity contribution in [2.45, 2.75) is 29.6 Å². The lowest BCUT2D eigenvalue weighted by Gasteiger charge is -2.07. The highest BCUT2D eigenvalue weighted by molar-refractivity contribution is 7.98. The maximum atomic E-state index is 12.2. The van der Waals surface area contributed by atoms with Crippen molar-refractivity contribution < 1.29 is 8.42 Å². The topological polar surface area (TPSA) is 46.2 Å². The second-order valence-corrected chi connectivity index (χ2v) is 7.81. The summed E-state index contributed by atoms with van der Waals surface area (Å²) in [6.07, 6.45) is 3.62. The molecule has 0 saturated heterocycles. The van der Waals surface area contributed by atoms with E-state index in [1.165, 1.54) is 11.1 Å². The van der Waals surface area contributed by atoms with Gasteiger partial charge in [0.1, 0.15) is 0 Å². The Labute approximate surface area is 137 Å². The number of sulfonamides is 1. The van der Waals surface area contributed by atoms with Crippen LogP contribution in [0.3, 0.4) is 0 Å². The van der Waals surface area contributed by atoms with E-state index < -0.39 is 10.0 Å². The standard InChI is InChI=1S/C17H21NO2S2/c1-14-5-7-15(8-6-14)4-3-13-18-22(19,20)17-11-9-16(21-2)10-12-17/h5-12,18H,3-4,13H2,1-2H3. The normalized spacial score (nSPS) is 11.5. The van der Waals surface area contributed by atoms with Gasteiger partial charge in [0, 0.05) is 11.4 Å². The maximum Gasteiger partial charge on any atom is 0.240 e. The third-order valence-electron chi connectivity index (χ3n) is 3.42. The molecule has 0 aromatic heterocycles. The molecule has 0 fully saturated rings.